The van der Waals surface area contributed by atoms with Crippen molar-refractivity contribution in [2.75, 3.05) is 0 Å². The second kappa shape index (κ2) is 5.79. The Hall–Kier alpha value is -0.980. The third-order valence-corrected chi connectivity index (χ3v) is 2.83. The zero-order valence-corrected chi connectivity index (χ0v) is 9.96. The van der Waals surface area contributed by atoms with Gasteiger partial charge >= 0.3 is 0 Å². The summed E-state index contributed by atoms with van der Waals surface area (Å²) in [7, 11) is 0. The topological polar surface area (TPSA) is 9.23 Å². The van der Waals surface area contributed by atoms with Gasteiger partial charge in [0.2, 0.25) is 0 Å². The summed E-state index contributed by atoms with van der Waals surface area (Å²) in [6, 6.07) is 0. The SMILES string of the molecule is C=C/C=C(\C=CCC)OC1(C)CCCC1. The second-order valence-electron chi connectivity index (χ2n) is 4.37. The van der Waals surface area contributed by atoms with E-state index in [0.717, 1.165) is 12.2 Å². The third-order valence-electron chi connectivity index (χ3n) is 2.83. The van der Waals surface area contributed by atoms with Crippen LogP contribution in [0.25, 0.3) is 0 Å². The summed E-state index contributed by atoms with van der Waals surface area (Å²) >= 11 is 0. The minimum Gasteiger partial charge on any atom is -0.488 e. The van der Waals surface area contributed by atoms with Gasteiger partial charge < -0.3 is 4.74 Å². The van der Waals surface area contributed by atoms with E-state index < -0.39 is 0 Å². The fourth-order valence-electron chi connectivity index (χ4n) is 1.98. The molecule has 0 amide bonds. The zero-order chi connectivity index (χ0) is 11.1. The molecule has 0 saturated heterocycles. The van der Waals surface area contributed by atoms with Crippen LogP contribution in [0.5, 0.6) is 0 Å². The number of hydrogen-bond acceptors (Lipinski definition) is 1. The Morgan fingerprint density at radius 1 is 1.40 bits per heavy atom. The van der Waals surface area contributed by atoms with Crippen molar-refractivity contribution < 1.29 is 4.74 Å². The summed E-state index contributed by atoms with van der Waals surface area (Å²) in [5.74, 6) is 0.941. The standard InChI is InChI=1S/C14H22O/c1-4-6-10-13(9-5-2)15-14(3)11-7-8-12-14/h5-6,9-10H,2,4,7-8,11-12H2,1,3H3/b10-6?,13-9+. The Bertz CT molecular complexity index is 255. The van der Waals surface area contributed by atoms with Crippen LogP contribution in [0.1, 0.15) is 46.0 Å². The van der Waals surface area contributed by atoms with Crippen LogP contribution in [0.3, 0.4) is 0 Å². The molecule has 0 N–H and O–H groups in total. The Morgan fingerprint density at radius 2 is 2.07 bits per heavy atom. The highest BCUT2D eigenvalue weighted by Crippen LogP contribution is 2.34. The van der Waals surface area contributed by atoms with Gasteiger partial charge in [-0.2, -0.15) is 0 Å². The molecule has 1 aliphatic rings. The Labute approximate surface area is 93.5 Å². The van der Waals surface area contributed by atoms with E-state index in [2.05, 4.69) is 26.5 Å². The predicted octanol–water partition coefficient (Wildman–Crippen LogP) is 4.37. The van der Waals surface area contributed by atoms with Gasteiger partial charge in [0, 0.05) is 0 Å². The zero-order valence-electron chi connectivity index (χ0n) is 9.96. The smallest absolute Gasteiger partial charge is 0.119 e. The van der Waals surface area contributed by atoms with Gasteiger partial charge in [0.25, 0.3) is 0 Å². The highest BCUT2D eigenvalue weighted by Gasteiger charge is 2.30. The maximum Gasteiger partial charge on any atom is 0.119 e. The normalized spacial score (nSPS) is 20.8. The second-order valence-corrected chi connectivity index (χ2v) is 4.37. The molecule has 0 radical (unpaired) electrons. The van der Waals surface area contributed by atoms with E-state index in [1.54, 1.807) is 6.08 Å². The molecule has 1 rings (SSSR count). The largest absolute Gasteiger partial charge is 0.488 e. The predicted molar refractivity (Wildman–Crippen MR) is 65.7 cm³/mol. The fraction of sp³-hybridized carbons (Fsp3) is 0.571. The molecule has 0 aromatic rings. The Kier molecular flexibility index (Phi) is 4.67. The average molecular weight is 206 g/mol. The molecule has 0 aromatic carbocycles. The lowest BCUT2D eigenvalue weighted by atomic mass is 10.1. The van der Waals surface area contributed by atoms with Crippen molar-refractivity contribution in [1.82, 2.24) is 0 Å². The van der Waals surface area contributed by atoms with Crippen molar-refractivity contribution in [3.8, 4) is 0 Å². The summed E-state index contributed by atoms with van der Waals surface area (Å²) < 4.78 is 6.04. The van der Waals surface area contributed by atoms with Crippen molar-refractivity contribution in [2.24, 2.45) is 0 Å². The van der Waals surface area contributed by atoms with E-state index in [1.807, 2.05) is 12.2 Å². The lowest BCUT2D eigenvalue weighted by Crippen LogP contribution is -2.23. The van der Waals surface area contributed by atoms with Gasteiger partial charge in [-0.1, -0.05) is 25.7 Å². The molecule has 1 heteroatoms. The summed E-state index contributed by atoms with van der Waals surface area (Å²) in [6.45, 7) is 8.04. The molecule has 84 valence electrons. The molecule has 1 saturated carbocycles. The van der Waals surface area contributed by atoms with Crippen molar-refractivity contribution in [3.05, 3.63) is 36.6 Å². The van der Waals surface area contributed by atoms with Crippen molar-refractivity contribution >= 4 is 0 Å². The van der Waals surface area contributed by atoms with E-state index >= 15 is 0 Å². The highest BCUT2D eigenvalue weighted by molar-refractivity contribution is 5.18. The number of rotatable bonds is 5. The molecule has 0 atom stereocenters. The maximum atomic E-state index is 6.04. The summed E-state index contributed by atoms with van der Waals surface area (Å²) in [5.41, 5.74) is 0.0485. The summed E-state index contributed by atoms with van der Waals surface area (Å²) in [5, 5.41) is 0. The average Bonchev–Trinajstić information content (AvgIpc) is 2.62. The first-order valence-electron chi connectivity index (χ1n) is 5.88. The molecular formula is C14H22O. The molecule has 0 spiro atoms. The molecule has 0 heterocycles. The summed E-state index contributed by atoms with van der Waals surface area (Å²) in [6.07, 6.45) is 13.8. The first-order valence-corrected chi connectivity index (χ1v) is 5.88. The monoisotopic (exact) mass is 206 g/mol. The molecule has 0 aromatic heterocycles. The first kappa shape index (κ1) is 12.1. The molecular weight excluding hydrogens is 184 g/mol. The number of allylic oxidation sites excluding steroid dienone is 4. The molecule has 0 aliphatic heterocycles. The molecule has 1 nitrogen and oxygen atoms in total. The maximum absolute atomic E-state index is 6.04. The molecule has 15 heavy (non-hydrogen) atoms. The quantitative estimate of drug-likeness (QED) is 0.479. The molecule has 0 bridgehead atoms. The van der Waals surface area contributed by atoms with Crippen LogP contribution in [0.2, 0.25) is 0 Å². The van der Waals surface area contributed by atoms with Crippen LogP contribution < -0.4 is 0 Å². The lowest BCUT2D eigenvalue weighted by molar-refractivity contribution is 0.0315. The third kappa shape index (κ3) is 3.94. The fourth-order valence-corrected chi connectivity index (χ4v) is 1.98. The van der Waals surface area contributed by atoms with Crippen LogP contribution in [0.15, 0.2) is 36.6 Å². The van der Waals surface area contributed by atoms with Crippen LogP contribution >= 0.6 is 0 Å². The van der Waals surface area contributed by atoms with Crippen molar-refractivity contribution in [2.45, 2.75) is 51.6 Å². The Morgan fingerprint density at radius 3 is 2.60 bits per heavy atom. The molecule has 1 fully saturated rings. The van der Waals surface area contributed by atoms with E-state index in [0.29, 0.717) is 0 Å². The van der Waals surface area contributed by atoms with E-state index in [-0.39, 0.29) is 5.60 Å². The molecule has 0 unspecified atom stereocenters. The molecule has 1 aliphatic carbocycles. The van der Waals surface area contributed by atoms with Gasteiger partial charge in [0.05, 0.1) is 0 Å². The lowest BCUT2D eigenvalue weighted by Gasteiger charge is -2.26. The van der Waals surface area contributed by atoms with Crippen LogP contribution in [-0.2, 0) is 4.74 Å². The number of hydrogen-bond donors (Lipinski definition) is 0. The van der Waals surface area contributed by atoms with Gasteiger partial charge in [0.1, 0.15) is 11.4 Å². The Balaban J connectivity index is 2.61. The van der Waals surface area contributed by atoms with Gasteiger partial charge in [0.15, 0.2) is 0 Å². The first-order chi connectivity index (χ1) is 7.20. The van der Waals surface area contributed by atoms with Crippen LogP contribution in [0.4, 0.5) is 0 Å². The minimum absolute atomic E-state index is 0.0485. The van der Waals surface area contributed by atoms with Crippen molar-refractivity contribution in [1.29, 1.82) is 0 Å². The van der Waals surface area contributed by atoms with Gasteiger partial charge in [-0.3, -0.25) is 0 Å². The van der Waals surface area contributed by atoms with Gasteiger partial charge in [-0.15, -0.1) is 0 Å². The van der Waals surface area contributed by atoms with E-state index in [9.17, 15) is 0 Å². The van der Waals surface area contributed by atoms with E-state index in [4.69, 9.17) is 4.74 Å². The van der Waals surface area contributed by atoms with Gasteiger partial charge in [-0.05, 0) is 51.2 Å². The van der Waals surface area contributed by atoms with Gasteiger partial charge in [-0.25, -0.2) is 0 Å². The van der Waals surface area contributed by atoms with Crippen LogP contribution in [-0.4, -0.2) is 5.60 Å². The van der Waals surface area contributed by atoms with Crippen molar-refractivity contribution in [3.63, 3.8) is 0 Å². The van der Waals surface area contributed by atoms with Crippen LogP contribution in [0, 0.1) is 0 Å². The van der Waals surface area contributed by atoms with E-state index in [1.165, 1.54) is 25.7 Å². The number of ether oxygens (including phenoxy) is 1. The summed E-state index contributed by atoms with van der Waals surface area (Å²) in [4.78, 5) is 0. The minimum atomic E-state index is 0.0485. The highest BCUT2D eigenvalue weighted by atomic mass is 16.5.